The zero-order valence-corrected chi connectivity index (χ0v) is 12.1. The molecule has 2 saturated heterocycles. The van der Waals surface area contributed by atoms with E-state index in [1.54, 1.807) is 9.80 Å². The minimum absolute atomic E-state index is 0.0182. The molecule has 0 atom stereocenters. The molecule has 20 heavy (non-hydrogen) atoms. The Hall–Kier alpha value is -1.31. The van der Waals surface area contributed by atoms with Crippen molar-refractivity contribution in [2.24, 2.45) is 5.92 Å². The number of carbonyl (C=O) groups is 2. The summed E-state index contributed by atoms with van der Waals surface area (Å²) in [5, 5.41) is 8.93. The highest BCUT2D eigenvalue weighted by atomic mass is 32.2. The van der Waals surface area contributed by atoms with Crippen LogP contribution >= 0.6 is 0 Å². The molecule has 0 aromatic carbocycles. The Bertz CT molecular complexity index is 482. The maximum atomic E-state index is 12.3. The van der Waals surface area contributed by atoms with E-state index in [1.807, 2.05) is 0 Å². The molecule has 2 aliphatic heterocycles. The van der Waals surface area contributed by atoms with Crippen LogP contribution in [0.2, 0.25) is 0 Å². The fraction of sp³-hybridized carbons (Fsp3) is 0.833. The number of hydrogen-bond donors (Lipinski definition) is 1. The first-order valence-electron chi connectivity index (χ1n) is 6.86. The van der Waals surface area contributed by atoms with Crippen molar-refractivity contribution in [2.75, 3.05) is 37.7 Å². The van der Waals surface area contributed by atoms with E-state index in [1.165, 1.54) is 0 Å². The third-order valence-electron chi connectivity index (χ3n) is 3.94. The highest BCUT2D eigenvalue weighted by Gasteiger charge is 2.30. The number of nitrogens with zero attached hydrogens (tertiary/aromatic N) is 2. The summed E-state index contributed by atoms with van der Waals surface area (Å²) in [4.78, 5) is 26.4. The van der Waals surface area contributed by atoms with E-state index in [0.29, 0.717) is 38.9 Å². The van der Waals surface area contributed by atoms with E-state index >= 15 is 0 Å². The predicted octanol–water partition coefficient (Wildman–Crippen LogP) is 0.0235. The van der Waals surface area contributed by atoms with E-state index in [2.05, 4.69) is 0 Å². The number of amides is 2. The summed E-state index contributed by atoms with van der Waals surface area (Å²) < 4.78 is 23.0. The maximum absolute atomic E-state index is 12.3. The van der Waals surface area contributed by atoms with Gasteiger partial charge < -0.3 is 14.9 Å². The quantitative estimate of drug-likeness (QED) is 0.737. The van der Waals surface area contributed by atoms with Gasteiger partial charge in [0, 0.05) is 26.2 Å². The molecule has 2 rings (SSSR count). The third-order valence-corrected chi connectivity index (χ3v) is 5.66. The van der Waals surface area contributed by atoms with Crippen LogP contribution in [0.5, 0.6) is 0 Å². The zero-order valence-electron chi connectivity index (χ0n) is 11.3. The number of sulfone groups is 1. The lowest BCUT2D eigenvalue weighted by molar-refractivity contribution is -0.143. The van der Waals surface area contributed by atoms with Gasteiger partial charge >= 0.3 is 12.0 Å². The van der Waals surface area contributed by atoms with Crippen LogP contribution in [0.25, 0.3) is 0 Å². The van der Waals surface area contributed by atoms with E-state index in [0.717, 1.165) is 0 Å². The Morgan fingerprint density at radius 3 is 2.15 bits per heavy atom. The topological polar surface area (TPSA) is 95.0 Å². The van der Waals surface area contributed by atoms with Gasteiger partial charge in [-0.2, -0.15) is 0 Å². The molecule has 2 fully saturated rings. The molecular formula is C12H20N2O5S. The van der Waals surface area contributed by atoms with Crippen molar-refractivity contribution in [3.63, 3.8) is 0 Å². The fourth-order valence-electron chi connectivity index (χ4n) is 2.65. The second-order valence-corrected chi connectivity index (χ2v) is 7.68. The van der Waals surface area contributed by atoms with Crippen LogP contribution < -0.4 is 0 Å². The fourth-order valence-corrected chi connectivity index (χ4v) is 3.92. The molecule has 0 aromatic rings. The highest BCUT2D eigenvalue weighted by Crippen LogP contribution is 2.19. The Balaban J connectivity index is 1.90. The number of likely N-dealkylation sites (tertiary alicyclic amines) is 1. The van der Waals surface area contributed by atoms with Gasteiger partial charge in [0.2, 0.25) is 0 Å². The molecule has 0 aromatic heterocycles. The van der Waals surface area contributed by atoms with Crippen molar-refractivity contribution in [1.29, 1.82) is 0 Å². The van der Waals surface area contributed by atoms with Crippen LogP contribution in [0.3, 0.4) is 0 Å². The number of carbonyl (C=O) groups excluding carboxylic acids is 1. The largest absolute Gasteiger partial charge is 0.481 e. The van der Waals surface area contributed by atoms with E-state index in [-0.39, 0.29) is 30.0 Å². The van der Waals surface area contributed by atoms with E-state index in [4.69, 9.17) is 5.11 Å². The van der Waals surface area contributed by atoms with Gasteiger partial charge in [0.15, 0.2) is 9.84 Å². The lowest BCUT2D eigenvalue weighted by Gasteiger charge is -2.34. The molecule has 0 radical (unpaired) electrons. The van der Waals surface area contributed by atoms with Gasteiger partial charge in [-0.25, -0.2) is 13.2 Å². The van der Waals surface area contributed by atoms with Gasteiger partial charge in [-0.05, 0) is 19.3 Å². The smallest absolute Gasteiger partial charge is 0.320 e. The van der Waals surface area contributed by atoms with Gasteiger partial charge in [0.25, 0.3) is 0 Å². The first-order chi connectivity index (χ1) is 9.39. The van der Waals surface area contributed by atoms with Crippen LogP contribution in [0.15, 0.2) is 0 Å². The molecule has 7 nitrogen and oxygen atoms in total. The summed E-state index contributed by atoms with van der Waals surface area (Å²) in [7, 11) is -3.03. The average molecular weight is 304 g/mol. The van der Waals surface area contributed by atoms with Gasteiger partial charge in [-0.15, -0.1) is 0 Å². The lowest BCUT2D eigenvalue weighted by Crippen LogP contribution is -2.48. The molecule has 0 spiro atoms. The lowest BCUT2D eigenvalue weighted by atomic mass is 9.97. The Morgan fingerprint density at radius 1 is 0.950 bits per heavy atom. The molecule has 0 unspecified atom stereocenters. The van der Waals surface area contributed by atoms with Crippen molar-refractivity contribution in [2.45, 2.75) is 19.3 Å². The maximum Gasteiger partial charge on any atom is 0.320 e. The number of rotatable bonds is 1. The van der Waals surface area contributed by atoms with Gasteiger partial charge in [0.05, 0.1) is 17.4 Å². The van der Waals surface area contributed by atoms with E-state index in [9.17, 15) is 18.0 Å². The average Bonchev–Trinajstić information content (AvgIpc) is 2.59. The molecule has 1 N–H and O–H groups in total. The first-order valence-corrected chi connectivity index (χ1v) is 8.68. The number of carboxylic acids is 1. The molecule has 2 aliphatic rings. The molecule has 0 saturated carbocycles. The molecule has 0 aliphatic carbocycles. The SMILES string of the molecule is O=C(O)C1CCN(C(=O)N2CCCS(=O)(=O)CC2)CC1. The Kier molecular flexibility index (Phi) is 4.52. The van der Waals surface area contributed by atoms with E-state index < -0.39 is 15.8 Å². The van der Waals surface area contributed by atoms with Crippen LogP contribution in [0.4, 0.5) is 4.79 Å². The molecule has 0 bridgehead atoms. The van der Waals surface area contributed by atoms with Crippen molar-refractivity contribution < 1.29 is 23.1 Å². The van der Waals surface area contributed by atoms with Crippen molar-refractivity contribution in [3.05, 3.63) is 0 Å². The summed E-state index contributed by atoms with van der Waals surface area (Å²) in [6, 6.07) is -0.161. The second kappa shape index (κ2) is 5.99. The molecule has 2 amide bonds. The monoisotopic (exact) mass is 304 g/mol. The highest BCUT2D eigenvalue weighted by molar-refractivity contribution is 7.91. The summed E-state index contributed by atoms with van der Waals surface area (Å²) in [5.41, 5.74) is 0. The Labute approximate surface area is 118 Å². The minimum atomic E-state index is -3.03. The summed E-state index contributed by atoms with van der Waals surface area (Å²) in [6.45, 7) is 1.55. The predicted molar refractivity (Wildman–Crippen MR) is 72.2 cm³/mol. The molecule has 2 heterocycles. The number of piperidine rings is 1. The number of urea groups is 1. The first kappa shape index (κ1) is 15.1. The third kappa shape index (κ3) is 3.62. The zero-order chi connectivity index (χ0) is 14.8. The molecule has 114 valence electrons. The van der Waals surface area contributed by atoms with Crippen molar-refractivity contribution in [3.8, 4) is 0 Å². The van der Waals surface area contributed by atoms with Crippen LogP contribution in [-0.4, -0.2) is 73.0 Å². The van der Waals surface area contributed by atoms with Crippen LogP contribution in [-0.2, 0) is 14.6 Å². The van der Waals surface area contributed by atoms with Gasteiger partial charge in [-0.1, -0.05) is 0 Å². The van der Waals surface area contributed by atoms with Gasteiger partial charge in [0.1, 0.15) is 0 Å². The number of hydrogen-bond acceptors (Lipinski definition) is 4. The summed E-state index contributed by atoms with van der Waals surface area (Å²) in [6.07, 6.45) is 1.40. The Morgan fingerprint density at radius 2 is 1.55 bits per heavy atom. The van der Waals surface area contributed by atoms with Crippen LogP contribution in [0, 0.1) is 5.92 Å². The molecular weight excluding hydrogens is 284 g/mol. The van der Waals surface area contributed by atoms with Crippen LogP contribution in [0.1, 0.15) is 19.3 Å². The summed E-state index contributed by atoms with van der Waals surface area (Å²) >= 11 is 0. The number of carboxylic acid groups (broad SMARTS) is 1. The van der Waals surface area contributed by atoms with Crippen molar-refractivity contribution in [1.82, 2.24) is 9.80 Å². The standard InChI is InChI=1S/C12H20N2O5S/c15-11(16)10-2-5-14(6-3-10)12(17)13-4-1-8-20(18,19)9-7-13/h10H,1-9H2,(H,15,16). The normalized spacial score (nSPS) is 24.2. The minimum Gasteiger partial charge on any atom is -0.481 e. The van der Waals surface area contributed by atoms with Gasteiger partial charge in [-0.3, -0.25) is 4.79 Å². The van der Waals surface area contributed by atoms with Crippen molar-refractivity contribution >= 4 is 21.8 Å². The summed E-state index contributed by atoms with van der Waals surface area (Å²) in [5.74, 6) is -1.02. The number of aliphatic carboxylic acids is 1. The molecule has 8 heteroatoms. The second-order valence-electron chi connectivity index (χ2n) is 5.37.